The van der Waals surface area contributed by atoms with Crippen molar-refractivity contribution in [3.63, 3.8) is 0 Å². The number of unbranched alkanes of at least 4 members (excludes halogenated alkanes) is 2. The van der Waals surface area contributed by atoms with Gasteiger partial charge in [-0.05, 0) is 12.8 Å². The van der Waals surface area contributed by atoms with E-state index in [9.17, 15) is 9.59 Å². The van der Waals surface area contributed by atoms with E-state index in [1.165, 1.54) is 6.92 Å². The molecule has 4 heteroatoms. The molecular weight excluding hydrogens is 228 g/mol. The Bertz CT molecular complexity index is 295. The van der Waals surface area contributed by atoms with Gasteiger partial charge in [0, 0.05) is 26.4 Å². The van der Waals surface area contributed by atoms with E-state index in [0.29, 0.717) is 25.9 Å². The molecule has 0 spiro atoms. The van der Waals surface area contributed by atoms with Gasteiger partial charge in [-0.1, -0.05) is 25.7 Å². The van der Waals surface area contributed by atoms with Crippen LogP contribution in [0.5, 0.6) is 0 Å². The molecule has 0 atom stereocenters. The van der Waals surface area contributed by atoms with Crippen molar-refractivity contribution in [2.24, 2.45) is 0 Å². The number of rotatable bonds is 9. The zero-order chi connectivity index (χ0) is 13.8. The maximum Gasteiger partial charge on any atom is 0.220 e. The standard InChI is InChI=1S/C14H24N2O2/c1-4-6-7-10-15-14(18)9-8-12-16(11-5-2)13(3)17/h2H,4,6-12H2,1,3H3,(H,15,18). The Morgan fingerprint density at radius 2 is 2.00 bits per heavy atom. The van der Waals surface area contributed by atoms with Crippen LogP contribution in [0.1, 0.15) is 46.0 Å². The second-order valence-corrected chi connectivity index (χ2v) is 4.31. The molecule has 0 aliphatic heterocycles. The molecule has 18 heavy (non-hydrogen) atoms. The first kappa shape index (κ1) is 16.5. The molecule has 0 radical (unpaired) electrons. The highest BCUT2D eigenvalue weighted by molar-refractivity contribution is 5.76. The number of carbonyl (C=O) groups excluding carboxylic acids is 2. The lowest BCUT2D eigenvalue weighted by Crippen LogP contribution is -2.31. The van der Waals surface area contributed by atoms with Gasteiger partial charge < -0.3 is 10.2 Å². The normalized spacial score (nSPS) is 9.61. The molecule has 0 fully saturated rings. The second-order valence-electron chi connectivity index (χ2n) is 4.31. The number of nitrogens with one attached hydrogen (secondary N) is 1. The van der Waals surface area contributed by atoms with Crippen molar-refractivity contribution >= 4 is 11.8 Å². The minimum atomic E-state index is -0.0451. The molecule has 4 nitrogen and oxygen atoms in total. The monoisotopic (exact) mass is 252 g/mol. The number of nitrogens with zero attached hydrogens (tertiary/aromatic N) is 1. The van der Waals surface area contributed by atoms with Crippen LogP contribution in [-0.2, 0) is 9.59 Å². The second kappa shape index (κ2) is 10.6. The van der Waals surface area contributed by atoms with Crippen molar-refractivity contribution in [1.29, 1.82) is 0 Å². The average molecular weight is 252 g/mol. The Hall–Kier alpha value is -1.50. The van der Waals surface area contributed by atoms with Gasteiger partial charge in [0.05, 0.1) is 6.54 Å². The Morgan fingerprint density at radius 3 is 2.56 bits per heavy atom. The number of terminal acetylenes is 1. The predicted molar refractivity (Wildman–Crippen MR) is 72.9 cm³/mol. The van der Waals surface area contributed by atoms with Gasteiger partial charge in [-0.15, -0.1) is 6.42 Å². The van der Waals surface area contributed by atoms with Crippen LogP contribution in [0.2, 0.25) is 0 Å². The summed E-state index contributed by atoms with van der Waals surface area (Å²) >= 11 is 0. The summed E-state index contributed by atoms with van der Waals surface area (Å²) in [7, 11) is 0. The smallest absolute Gasteiger partial charge is 0.220 e. The number of carbonyl (C=O) groups is 2. The Morgan fingerprint density at radius 1 is 1.28 bits per heavy atom. The molecule has 0 saturated heterocycles. The van der Waals surface area contributed by atoms with Crippen molar-refractivity contribution in [2.45, 2.75) is 46.0 Å². The predicted octanol–water partition coefficient (Wildman–Crippen LogP) is 1.55. The molecule has 0 saturated carbocycles. The van der Waals surface area contributed by atoms with Crippen LogP contribution in [0.25, 0.3) is 0 Å². The summed E-state index contributed by atoms with van der Waals surface area (Å²) in [6.07, 6.45) is 9.58. The summed E-state index contributed by atoms with van der Waals surface area (Å²) in [5.41, 5.74) is 0. The Labute approximate surface area is 110 Å². The fourth-order valence-electron chi connectivity index (χ4n) is 1.58. The summed E-state index contributed by atoms with van der Waals surface area (Å²) in [6, 6.07) is 0. The molecule has 0 aromatic carbocycles. The zero-order valence-corrected chi connectivity index (χ0v) is 11.5. The van der Waals surface area contributed by atoms with Crippen molar-refractivity contribution in [2.75, 3.05) is 19.6 Å². The van der Waals surface area contributed by atoms with Crippen LogP contribution in [-0.4, -0.2) is 36.3 Å². The van der Waals surface area contributed by atoms with Crippen LogP contribution in [0, 0.1) is 12.3 Å². The maximum absolute atomic E-state index is 11.5. The van der Waals surface area contributed by atoms with Crippen molar-refractivity contribution in [1.82, 2.24) is 10.2 Å². The van der Waals surface area contributed by atoms with Crippen molar-refractivity contribution < 1.29 is 9.59 Å². The van der Waals surface area contributed by atoms with Gasteiger partial charge in [0.2, 0.25) is 11.8 Å². The molecule has 0 rings (SSSR count). The number of hydrogen-bond donors (Lipinski definition) is 1. The topological polar surface area (TPSA) is 49.4 Å². The van der Waals surface area contributed by atoms with E-state index in [2.05, 4.69) is 18.2 Å². The summed E-state index contributed by atoms with van der Waals surface area (Å²) in [5, 5.41) is 2.87. The van der Waals surface area contributed by atoms with Gasteiger partial charge in [0.1, 0.15) is 0 Å². The number of amides is 2. The van der Waals surface area contributed by atoms with E-state index in [1.54, 1.807) is 4.90 Å². The van der Waals surface area contributed by atoms with Crippen LogP contribution in [0.4, 0.5) is 0 Å². The zero-order valence-electron chi connectivity index (χ0n) is 11.5. The highest BCUT2D eigenvalue weighted by atomic mass is 16.2. The van der Waals surface area contributed by atoms with Crippen LogP contribution < -0.4 is 5.32 Å². The molecule has 102 valence electrons. The van der Waals surface area contributed by atoms with Gasteiger partial charge in [0.15, 0.2) is 0 Å². The molecule has 1 N–H and O–H groups in total. The molecule has 0 bridgehead atoms. The molecule has 0 aliphatic rings. The quantitative estimate of drug-likeness (QED) is 0.500. The minimum absolute atomic E-state index is 0.0451. The average Bonchev–Trinajstić information content (AvgIpc) is 2.33. The fourth-order valence-corrected chi connectivity index (χ4v) is 1.58. The Balaban J connectivity index is 3.66. The third kappa shape index (κ3) is 8.63. The molecule has 0 heterocycles. The van der Waals surface area contributed by atoms with Gasteiger partial charge in [-0.25, -0.2) is 0 Å². The van der Waals surface area contributed by atoms with Crippen LogP contribution in [0.3, 0.4) is 0 Å². The molecule has 0 aliphatic carbocycles. The van der Waals surface area contributed by atoms with E-state index in [4.69, 9.17) is 6.42 Å². The van der Waals surface area contributed by atoms with Crippen LogP contribution >= 0.6 is 0 Å². The molecule has 0 aromatic rings. The van der Waals surface area contributed by atoms with E-state index in [0.717, 1.165) is 25.8 Å². The molecule has 2 amide bonds. The van der Waals surface area contributed by atoms with Crippen molar-refractivity contribution in [3.8, 4) is 12.3 Å². The van der Waals surface area contributed by atoms with E-state index in [1.807, 2.05) is 0 Å². The largest absolute Gasteiger partial charge is 0.356 e. The summed E-state index contributed by atoms with van der Waals surface area (Å²) in [5.74, 6) is 2.45. The first-order chi connectivity index (χ1) is 8.61. The highest BCUT2D eigenvalue weighted by Gasteiger charge is 2.07. The SMILES string of the molecule is C#CCN(CCCC(=O)NCCCCC)C(C)=O. The molecule has 0 unspecified atom stereocenters. The van der Waals surface area contributed by atoms with Crippen molar-refractivity contribution in [3.05, 3.63) is 0 Å². The first-order valence-corrected chi connectivity index (χ1v) is 6.57. The fraction of sp³-hybridized carbons (Fsp3) is 0.714. The summed E-state index contributed by atoms with van der Waals surface area (Å²) in [6.45, 7) is 5.22. The number of hydrogen-bond acceptors (Lipinski definition) is 2. The molecular formula is C14H24N2O2. The van der Waals surface area contributed by atoms with Crippen LogP contribution in [0.15, 0.2) is 0 Å². The lowest BCUT2D eigenvalue weighted by molar-refractivity contribution is -0.129. The summed E-state index contributed by atoms with van der Waals surface area (Å²) < 4.78 is 0. The van der Waals surface area contributed by atoms with Gasteiger partial charge in [-0.3, -0.25) is 9.59 Å². The Kier molecular flexibility index (Phi) is 9.75. The van der Waals surface area contributed by atoms with E-state index in [-0.39, 0.29) is 11.8 Å². The van der Waals surface area contributed by atoms with Gasteiger partial charge in [-0.2, -0.15) is 0 Å². The maximum atomic E-state index is 11.5. The lowest BCUT2D eigenvalue weighted by Gasteiger charge is -2.17. The van der Waals surface area contributed by atoms with E-state index < -0.39 is 0 Å². The van der Waals surface area contributed by atoms with E-state index >= 15 is 0 Å². The molecule has 0 aromatic heterocycles. The van der Waals surface area contributed by atoms with Gasteiger partial charge >= 0.3 is 0 Å². The third-order valence-corrected chi connectivity index (χ3v) is 2.66. The third-order valence-electron chi connectivity index (χ3n) is 2.66. The lowest BCUT2D eigenvalue weighted by atomic mass is 10.2. The van der Waals surface area contributed by atoms with Gasteiger partial charge in [0.25, 0.3) is 0 Å². The summed E-state index contributed by atoms with van der Waals surface area (Å²) in [4.78, 5) is 24.2. The highest BCUT2D eigenvalue weighted by Crippen LogP contribution is 1.97. The minimum Gasteiger partial charge on any atom is -0.356 e. The first-order valence-electron chi connectivity index (χ1n) is 6.57.